The molecule has 2 rings (SSSR count). The van der Waals surface area contributed by atoms with Crippen molar-refractivity contribution in [3.05, 3.63) is 19.9 Å². The van der Waals surface area contributed by atoms with E-state index in [1.54, 1.807) is 18.4 Å². The molecule has 1 aliphatic rings. The van der Waals surface area contributed by atoms with Gasteiger partial charge in [-0.25, -0.2) is 0 Å². The molecule has 20 heavy (non-hydrogen) atoms. The molecule has 0 unspecified atom stereocenters. The highest BCUT2D eigenvalue weighted by atomic mass is 127. The molecule has 4 nitrogen and oxygen atoms in total. The van der Waals surface area contributed by atoms with E-state index in [1.807, 2.05) is 0 Å². The van der Waals surface area contributed by atoms with Crippen molar-refractivity contribution in [2.75, 3.05) is 26.7 Å². The Balaban J connectivity index is 0.00000200. The highest BCUT2D eigenvalue weighted by molar-refractivity contribution is 14.1. The van der Waals surface area contributed by atoms with Crippen LogP contribution in [0.15, 0.2) is 12.1 Å². The van der Waals surface area contributed by atoms with Gasteiger partial charge in [0.1, 0.15) is 5.60 Å². The van der Waals surface area contributed by atoms with Gasteiger partial charge in [0.25, 0.3) is 5.91 Å². The molecule has 0 radical (unpaired) electrons. The fourth-order valence-electron chi connectivity index (χ4n) is 2.30. The number of nitrogens with one attached hydrogen (secondary N) is 2. The summed E-state index contributed by atoms with van der Waals surface area (Å²) in [6.07, 6.45) is 2.37. The van der Waals surface area contributed by atoms with Crippen LogP contribution in [-0.4, -0.2) is 38.3 Å². The molecule has 0 spiro atoms. The SMILES string of the molecule is COC1(C(=O)NCCc2ccc(I)s2)CCNCC1.Cl. The minimum absolute atomic E-state index is 0. The molecule has 0 aromatic carbocycles. The molecule has 2 N–H and O–H groups in total. The number of methoxy groups -OCH3 is 1. The lowest BCUT2D eigenvalue weighted by atomic mass is 9.91. The van der Waals surface area contributed by atoms with Crippen LogP contribution in [0.3, 0.4) is 0 Å². The van der Waals surface area contributed by atoms with Gasteiger partial charge < -0.3 is 15.4 Å². The number of rotatable bonds is 5. The van der Waals surface area contributed by atoms with Gasteiger partial charge in [0.05, 0.1) is 2.88 Å². The molecule has 7 heteroatoms. The van der Waals surface area contributed by atoms with E-state index in [2.05, 4.69) is 45.4 Å². The predicted octanol–water partition coefficient (Wildman–Crippen LogP) is 2.20. The standard InChI is InChI=1S/C13H19IN2O2S.ClH/c1-18-13(5-8-15-9-6-13)12(17)16-7-4-10-2-3-11(14)19-10;/h2-3,15H,4-9H2,1H3,(H,16,17);1H. The summed E-state index contributed by atoms with van der Waals surface area (Å²) in [6.45, 7) is 2.35. The molecule has 2 heterocycles. The highest BCUT2D eigenvalue weighted by Crippen LogP contribution is 2.23. The summed E-state index contributed by atoms with van der Waals surface area (Å²) in [5, 5.41) is 6.27. The number of amides is 1. The lowest BCUT2D eigenvalue weighted by molar-refractivity contribution is -0.146. The molecule has 0 saturated carbocycles. The lowest BCUT2D eigenvalue weighted by Crippen LogP contribution is -2.54. The average Bonchev–Trinajstić information content (AvgIpc) is 2.85. The van der Waals surface area contributed by atoms with Crippen molar-refractivity contribution in [1.82, 2.24) is 10.6 Å². The van der Waals surface area contributed by atoms with Crippen LogP contribution in [0.4, 0.5) is 0 Å². The summed E-state index contributed by atoms with van der Waals surface area (Å²) in [6, 6.07) is 4.22. The third kappa shape index (κ3) is 4.56. The second-order valence-electron chi connectivity index (χ2n) is 4.66. The van der Waals surface area contributed by atoms with Gasteiger partial charge in [0.15, 0.2) is 0 Å². The van der Waals surface area contributed by atoms with Gasteiger partial charge in [0, 0.05) is 18.5 Å². The summed E-state index contributed by atoms with van der Waals surface area (Å²) in [5.74, 6) is 0.0303. The molecule has 0 bridgehead atoms. The molecule has 114 valence electrons. The van der Waals surface area contributed by atoms with Crippen molar-refractivity contribution in [2.45, 2.75) is 24.9 Å². The van der Waals surface area contributed by atoms with Crippen LogP contribution in [0.2, 0.25) is 0 Å². The summed E-state index contributed by atoms with van der Waals surface area (Å²) >= 11 is 4.09. The number of carbonyl (C=O) groups excluding carboxylic acids is 1. The Morgan fingerprint density at radius 3 is 2.75 bits per heavy atom. The van der Waals surface area contributed by atoms with Crippen LogP contribution in [0.25, 0.3) is 0 Å². The Labute approximate surface area is 143 Å². The quantitative estimate of drug-likeness (QED) is 0.704. The number of hydrogen-bond donors (Lipinski definition) is 2. The fourth-order valence-corrected chi connectivity index (χ4v) is 4.06. The van der Waals surface area contributed by atoms with Gasteiger partial charge in [-0.05, 0) is 67.1 Å². The summed E-state index contributed by atoms with van der Waals surface area (Å²) < 4.78 is 6.78. The van der Waals surface area contributed by atoms with Crippen LogP contribution in [-0.2, 0) is 16.0 Å². The van der Waals surface area contributed by atoms with Gasteiger partial charge in [-0.15, -0.1) is 23.7 Å². The number of thiophene rings is 1. The van der Waals surface area contributed by atoms with Crippen molar-refractivity contribution in [3.63, 3.8) is 0 Å². The second kappa shape index (κ2) is 8.53. The number of halogens is 2. The first-order valence-corrected chi connectivity index (χ1v) is 8.34. The molecular weight excluding hydrogens is 411 g/mol. The van der Waals surface area contributed by atoms with E-state index in [0.717, 1.165) is 32.4 Å². The van der Waals surface area contributed by atoms with Crippen molar-refractivity contribution < 1.29 is 9.53 Å². The van der Waals surface area contributed by atoms with Crippen molar-refractivity contribution in [1.29, 1.82) is 0 Å². The van der Waals surface area contributed by atoms with Crippen LogP contribution < -0.4 is 10.6 Å². The van der Waals surface area contributed by atoms with Crippen molar-refractivity contribution in [2.24, 2.45) is 0 Å². The summed E-state index contributed by atoms with van der Waals surface area (Å²) in [5.41, 5.74) is -0.630. The molecular formula is C13H20ClIN2O2S. The first kappa shape index (κ1) is 18.2. The Morgan fingerprint density at radius 2 is 2.20 bits per heavy atom. The van der Waals surface area contributed by atoms with E-state index in [1.165, 1.54) is 7.76 Å². The Kier molecular flexibility index (Phi) is 7.74. The molecule has 1 aromatic heterocycles. The van der Waals surface area contributed by atoms with Gasteiger partial charge in [-0.2, -0.15) is 0 Å². The zero-order chi connectivity index (χ0) is 13.7. The predicted molar refractivity (Wildman–Crippen MR) is 92.8 cm³/mol. The normalized spacial score (nSPS) is 17.3. The maximum atomic E-state index is 12.3. The number of ether oxygens (including phenoxy) is 1. The minimum atomic E-state index is -0.630. The smallest absolute Gasteiger partial charge is 0.252 e. The molecule has 1 amide bonds. The Bertz CT molecular complexity index is 436. The minimum Gasteiger partial charge on any atom is -0.368 e. The van der Waals surface area contributed by atoms with Crippen molar-refractivity contribution >= 4 is 52.2 Å². The number of piperidine rings is 1. The van der Waals surface area contributed by atoms with E-state index < -0.39 is 5.60 Å². The van der Waals surface area contributed by atoms with Gasteiger partial charge in [-0.1, -0.05) is 0 Å². The van der Waals surface area contributed by atoms with Gasteiger partial charge in [-0.3, -0.25) is 4.79 Å². The Hall–Kier alpha value is 0.110. The zero-order valence-corrected chi connectivity index (χ0v) is 15.2. The van der Waals surface area contributed by atoms with Crippen LogP contribution in [0.5, 0.6) is 0 Å². The topological polar surface area (TPSA) is 50.4 Å². The largest absolute Gasteiger partial charge is 0.368 e. The average molecular weight is 431 g/mol. The first-order chi connectivity index (χ1) is 9.16. The van der Waals surface area contributed by atoms with Crippen LogP contribution >= 0.6 is 46.3 Å². The molecule has 0 atom stereocenters. The third-order valence-corrected chi connectivity index (χ3v) is 5.46. The highest BCUT2D eigenvalue weighted by Gasteiger charge is 2.39. The maximum Gasteiger partial charge on any atom is 0.252 e. The van der Waals surface area contributed by atoms with E-state index in [4.69, 9.17) is 4.74 Å². The fraction of sp³-hybridized carbons (Fsp3) is 0.615. The summed E-state index contributed by atoms with van der Waals surface area (Å²) in [4.78, 5) is 13.6. The second-order valence-corrected chi connectivity index (χ2v) is 7.72. The van der Waals surface area contributed by atoms with Crippen LogP contribution in [0, 0.1) is 2.88 Å². The molecule has 1 fully saturated rings. The van der Waals surface area contributed by atoms with E-state index >= 15 is 0 Å². The third-order valence-electron chi connectivity index (χ3n) is 3.50. The van der Waals surface area contributed by atoms with Gasteiger partial charge in [0.2, 0.25) is 0 Å². The van der Waals surface area contributed by atoms with Crippen LogP contribution in [0.1, 0.15) is 17.7 Å². The van der Waals surface area contributed by atoms with Gasteiger partial charge >= 0.3 is 0 Å². The molecule has 1 saturated heterocycles. The van der Waals surface area contributed by atoms with Crippen molar-refractivity contribution in [3.8, 4) is 0 Å². The maximum absolute atomic E-state index is 12.3. The first-order valence-electron chi connectivity index (χ1n) is 6.45. The lowest BCUT2D eigenvalue weighted by Gasteiger charge is -2.34. The number of carbonyl (C=O) groups is 1. The Morgan fingerprint density at radius 1 is 1.50 bits per heavy atom. The number of hydrogen-bond acceptors (Lipinski definition) is 4. The van der Waals surface area contributed by atoms with E-state index in [-0.39, 0.29) is 18.3 Å². The van der Waals surface area contributed by atoms with E-state index in [0.29, 0.717) is 6.54 Å². The van der Waals surface area contributed by atoms with E-state index in [9.17, 15) is 4.79 Å². The molecule has 1 aromatic rings. The monoisotopic (exact) mass is 430 g/mol. The molecule has 0 aliphatic carbocycles. The molecule has 1 aliphatic heterocycles. The summed E-state index contributed by atoms with van der Waals surface area (Å²) in [7, 11) is 1.63. The zero-order valence-electron chi connectivity index (χ0n) is 11.4.